The zero-order valence-corrected chi connectivity index (χ0v) is 19.1. The maximum atomic E-state index is 12.8. The Kier molecular flexibility index (Phi) is 13.9. The van der Waals surface area contributed by atoms with Crippen molar-refractivity contribution in [1.82, 2.24) is 16.0 Å². The van der Waals surface area contributed by atoms with Gasteiger partial charge in [-0.3, -0.25) is 28.8 Å². The van der Waals surface area contributed by atoms with E-state index in [9.17, 15) is 33.6 Å². The number of carboxylic acid groups (broad SMARTS) is 3. The second-order valence-electron chi connectivity index (χ2n) is 7.11. The molecule has 0 aromatic rings. The molecule has 192 valence electrons. The van der Waals surface area contributed by atoms with Gasteiger partial charge < -0.3 is 42.7 Å². The van der Waals surface area contributed by atoms with Gasteiger partial charge in [0.25, 0.3) is 0 Å². The number of nitrogens with one attached hydrogen (secondary N) is 3. The number of nitrogens with two attached hydrogens (primary N) is 2. The normalized spacial score (nSPS) is 14.1. The first-order chi connectivity index (χ1) is 15.8. The molecule has 0 aromatic heterocycles. The van der Waals surface area contributed by atoms with Crippen LogP contribution in [0.2, 0.25) is 0 Å². The predicted molar refractivity (Wildman–Crippen MR) is 117 cm³/mol. The standard InChI is InChI=1S/C18H29N5O10S/c1-34-5-4-10(17(31)23-11(18(32)33)7-12(20)24)22-16(30)9(2-3-13(25)26)21-15(29)8(19)6-14(27)28/h8-11H,2-7,19H2,1H3,(H2,20,24)(H,21,29)(H,22,30)(H,23,31)(H,25,26)(H,27,28)(H,32,33). The minimum atomic E-state index is -1.64. The molecule has 4 amide bonds. The average Bonchev–Trinajstić information content (AvgIpc) is 2.71. The second kappa shape index (κ2) is 15.4. The van der Waals surface area contributed by atoms with E-state index in [0.717, 1.165) is 0 Å². The SMILES string of the molecule is CSCCC(NC(=O)C(CCC(=O)O)NC(=O)C(N)CC(=O)O)C(=O)NC(CC(N)=O)C(=O)O. The second-order valence-corrected chi connectivity index (χ2v) is 8.10. The summed E-state index contributed by atoms with van der Waals surface area (Å²) in [6.45, 7) is 0. The van der Waals surface area contributed by atoms with Crippen LogP contribution >= 0.6 is 11.8 Å². The van der Waals surface area contributed by atoms with Crippen molar-refractivity contribution in [3.8, 4) is 0 Å². The molecule has 0 saturated heterocycles. The highest BCUT2D eigenvalue weighted by atomic mass is 32.2. The van der Waals surface area contributed by atoms with Crippen LogP contribution < -0.4 is 27.4 Å². The van der Waals surface area contributed by atoms with Crippen LogP contribution in [-0.2, 0) is 33.6 Å². The maximum Gasteiger partial charge on any atom is 0.326 e. The molecule has 0 heterocycles. The number of rotatable bonds is 17. The third-order valence-electron chi connectivity index (χ3n) is 4.27. The van der Waals surface area contributed by atoms with Crippen molar-refractivity contribution in [3.63, 3.8) is 0 Å². The fourth-order valence-electron chi connectivity index (χ4n) is 2.55. The molecule has 10 N–H and O–H groups in total. The van der Waals surface area contributed by atoms with Crippen LogP contribution in [0, 0.1) is 0 Å². The van der Waals surface area contributed by atoms with Crippen LogP contribution in [0.15, 0.2) is 0 Å². The van der Waals surface area contributed by atoms with E-state index in [1.807, 2.05) is 0 Å². The molecule has 0 bridgehead atoms. The molecule has 0 fully saturated rings. The molecule has 4 unspecified atom stereocenters. The van der Waals surface area contributed by atoms with Crippen LogP contribution in [0.3, 0.4) is 0 Å². The van der Waals surface area contributed by atoms with Gasteiger partial charge in [-0.2, -0.15) is 11.8 Å². The van der Waals surface area contributed by atoms with Crippen LogP contribution in [0.25, 0.3) is 0 Å². The Bertz CT molecular complexity index is 793. The lowest BCUT2D eigenvalue weighted by Gasteiger charge is -2.24. The molecule has 15 nitrogen and oxygen atoms in total. The van der Waals surface area contributed by atoms with E-state index in [1.165, 1.54) is 11.8 Å². The van der Waals surface area contributed by atoms with E-state index in [2.05, 4.69) is 16.0 Å². The lowest BCUT2D eigenvalue weighted by atomic mass is 10.1. The number of amides is 4. The van der Waals surface area contributed by atoms with E-state index in [4.69, 9.17) is 26.8 Å². The predicted octanol–water partition coefficient (Wildman–Crippen LogP) is -3.18. The third kappa shape index (κ3) is 12.6. The highest BCUT2D eigenvalue weighted by Crippen LogP contribution is 2.06. The lowest BCUT2D eigenvalue weighted by molar-refractivity contribution is -0.143. The summed E-state index contributed by atoms with van der Waals surface area (Å²) in [7, 11) is 0. The molecular weight excluding hydrogens is 478 g/mol. The van der Waals surface area contributed by atoms with Crippen LogP contribution in [0.4, 0.5) is 0 Å². The molecule has 0 aromatic carbocycles. The minimum absolute atomic E-state index is 0.0276. The fraction of sp³-hybridized carbons (Fsp3) is 0.611. The largest absolute Gasteiger partial charge is 0.481 e. The van der Waals surface area contributed by atoms with E-state index >= 15 is 0 Å². The molecule has 0 radical (unpaired) electrons. The number of carboxylic acids is 3. The van der Waals surface area contributed by atoms with Crippen molar-refractivity contribution in [1.29, 1.82) is 0 Å². The van der Waals surface area contributed by atoms with Gasteiger partial charge in [0.05, 0.1) is 18.9 Å². The number of hydrogen-bond acceptors (Lipinski definition) is 9. The lowest BCUT2D eigenvalue weighted by Crippen LogP contribution is -2.57. The van der Waals surface area contributed by atoms with Crippen molar-refractivity contribution in [2.24, 2.45) is 11.5 Å². The number of primary amides is 1. The molecule has 0 rings (SSSR count). The quantitative estimate of drug-likeness (QED) is 0.0968. The summed E-state index contributed by atoms with van der Waals surface area (Å²) in [5.41, 5.74) is 10.4. The van der Waals surface area contributed by atoms with Crippen LogP contribution in [0.1, 0.15) is 32.1 Å². The number of hydrogen-bond donors (Lipinski definition) is 8. The highest BCUT2D eigenvalue weighted by Gasteiger charge is 2.31. The van der Waals surface area contributed by atoms with Crippen molar-refractivity contribution in [2.75, 3.05) is 12.0 Å². The van der Waals surface area contributed by atoms with Gasteiger partial charge in [0.15, 0.2) is 0 Å². The molecule has 16 heteroatoms. The summed E-state index contributed by atoms with van der Waals surface area (Å²) in [4.78, 5) is 81.5. The summed E-state index contributed by atoms with van der Waals surface area (Å²) < 4.78 is 0. The summed E-state index contributed by atoms with van der Waals surface area (Å²) in [6, 6.07) is -5.94. The van der Waals surface area contributed by atoms with Crippen molar-refractivity contribution >= 4 is 53.3 Å². The maximum absolute atomic E-state index is 12.8. The average molecular weight is 508 g/mol. The molecule has 34 heavy (non-hydrogen) atoms. The molecule has 0 aliphatic heterocycles. The molecule has 0 aliphatic carbocycles. The van der Waals surface area contributed by atoms with Crippen molar-refractivity contribution < 1.29 is 48.9 Å². The summed E-state index contributed by atoms with van der Waals surface area (Å²) in [6.07, 6.45) is -0.641. The summed E-state index contributed by atoms with van der Waals surface area (Å²) in [5.74, 6) is -7.75. The molecular formula is C18H29N5O10S. The Morgan fingerprint density at radius 2 is 1.26 bits per heavy atom. The molecule has 0 aliphatic rings. The zero-order valence-electron chi connectivity index (χ0n) is 18.3. The van der Waals surface area contributed by atoms with Gasteiger partial charge in [-0.05, 0) is 24.9 Å². The Labute approximate surface area is 198 Å². The Morgan fingerprint density at radius 3 is 1.71 bits per heavy atom. The molecule has 4 atom stereocenters. The monoisotopic (exact) mass is 507 g/mol. The van der Waals surface area contributed by atoms with Crippen LogP contribution in [0.5, 0.6) is 0 Å². The topological polar surface area (TPSA) is 268 Å². The summed E-state index contributed by atoms with van der Waals surface area (Å²) in [5, 5.41) is 33.4. The fourth-order valence-corrected chi connectivity index (χ4v) is 3.02. The summed E-state index contributed by atoms with van der Waals surface area (Å²) >= 11 is 1.31. The van der Waals surface area contributed by atoms with Gasteiger partial charge in [0.1, 0.15) is 18.1 Å². The van der Waals surface area contributed by atoms with Gasteiger partial charge >= 0.3 is 17.9 Å². The Morgan fingerprint density at radius 1 is 0.765 bits per heavy atom. The zero-order chi connectivity index (χ0) is 26.4. The minimum Gasteiger partial charge on any atom is -0.481 e. The number of thioether (sulfide) groups is 1. The van der Waals surface area contributed by atoms with E-state index in [0.29, 0.717) is 5.75 Å². The molecule has 0 saturated carbocycles. The van der Waals surface area contributed by atoms with Gasteiger partial charge in [-0.1, -0.05) is 0 Å². The Balaban J connectivity index is 5.55. The first-order valence-electron chi connectivity index (χ1n) is 9.88. The van der Waals surface area contributed by atoms with E-state index in [-0.39, 0.29) is 6.42 Å². The van der Waals surface area contributed by atoms with Gasteiger partial charge in [0, 0.05) is 6.42 Å². The Hall–Kier alpha value is -3.40. The number of carbonyl (C=O) groups excluding carboxylic acids is 4. The third-order valence-corrected chi connectivity index (χ3v) is 4.92. The number of aliphatic carboxylic acids is 3. The van der Waals surface area contributed by atoms with Crippen molar-refractivity contribution in [2.45, 2.75) is 56.3 Å². The van der Waals surface area contributed by atoms with E-state index < -0.39 is 91.4 Å². The van der Waals surface area contributed by atoms with Gasteiger partial charge in [-0.15, -0.1) is 0 Å². The number of carbonyl (C=O) groups is 7. The van der Waals surface area contributed by atoms with E-state index in [1.54, 1.807) is 6.26 Å². The smallest absolute Gasteiger partial charge is 0.326 e. The van der Waals surface area contributed by atoms with Gasteiger partial charge in [-0.25, -0.2) is 4.79 Å². The first-order valence-corrected chi connectivity index (χ1v) is 11.3. The van der Waals surface area contributed by atoms with Crippen molar-refractivity contribution in [3.05, 3.63) is 0 Å². The first kappa shape index (κ1) is 30.6. The molecule has 0 spiro atoms. The van der Waals surface area contributed by atoms with Crippen LogP contribution in [-0.4, -0.2) is 93.0 Å². The van der Waals surface area contributed by atoms with Gasteiger partial charge in [0.2, 0.25) is 23.6 Å². The highest BCUT2D eigenvalue weighted by molar-refractivity contribution is 7.98.